The van der Waals surface area contributed by atoms with Crippen LogP contribution in [-0.4, -0.2) is 53.3 Å². The number of aliphatic hydroxyl groups is 2. The van der Waals surface area contributed by atoms with Gasteiger partial charge in [-0.05, 0) is 19.1 Å². The SMILES string of the molecule is CO[C@@H]1O[C@@H](C)[C@@H](O)[C@@H](OC(=S)Oc2ccccc2)[C@@H]1O. The van der Waals surface area contributed by atoms with Gasteiger partial charge in [0.2, 0.25) is 0 Å². The van der Waals surface area contributed by atoms with E-state index in [9.17, 15) is 10.2 Å². The second-order valence-electron chi connectivity index (χ2n) is 4.67. The summed E-state index contributed by atoms with van der Waals surface area (Å²) in [5.41, 5.74) is 0. The summed E-state index contributed by atoms with van der Waals surface area (Å²) in [5, 5.41) is 20.0. The molecule has 1 fully saturated rings. The first-order chi connectivity index (χ1) is 10.0. The molecule has 5 atom stereocenters. The first kappa shape index (κ1) is 16.1. The predicted octanol–water partition coefficient (Wildman–Crippen LogP) is 0.849. The van der Waals surface area contributed by atoms with Gasteiger partial charge in [-0.2, -0.15) is 0 Å². The van der Waals surface area contributed by atoms with E-state index in [1.54, 1.807) is 31.2 Å². The number of thiocarbonyl (C=S) groups is 1. The van der Waals surface area contributed by atoms with Gasteiger partial charge in [0.1, 0.15) is 18.0 Å². The fourth-order valence-corrected chi connectivity index (χ4v) is 2.26. The van der Waals surface area contributed by atoms with Crippen LogP contribution in [0.1, 0.15) is 6.92 Å². The predicted molar refractivity (Wildman–Crippen MR) is 77.9 cm³/mol. The molecule has 2 rings (SSSR count). The summed E-state index contributed by atoms with van der Waals surface area (Å²) in [6, 6.07) is 8.85. The number of hydrogen-bond acceptors (Lipinski definition) is 7. The Morgan fingerprint density at radius 2 is 1.86 bits per heavy atom. The van der Waals surface area contributed by atoms with Crippen molar-refractivity contribution in [2.45, 2.75) is 37.6 Å². The lowest BCUT2D eigenvalue weighted by molar-refractivity contribution is -0.284. The number of methoxy groups -OCH3 is 1. The molecule has 1 aliphatic rings. The molecular formula is C14H18O6S. The Labute approximate surface area is 128 Å². The van der Waals surface area contributed by atoms with Gasteiger partial charge >= 0.3 is 5.24 Å². The van der Waals surface area contributed by atoms with Crippen LogP contribution in [-0.2, 0) is 14.2 Å². The van der Waals surface area contributed by atoms with Crippen LogP contribution in [0.4, 0.5) is 0 Å². The maximum absolute atomic E-state index is 10.1. The van der Waals surface area contributed by atoms with Crippen molar-refractivity contribution in [2.24, 2.45) is 0 Å². The van der Waals surface area contributed by atoms with Crippen LogP contribution in [0.25, 0.3) is 0 Å². The molecule has 0 amide bonds. The molecule has 0 radical (unpaired) electrons. The van der Waals surface area contributed by atoms with Crippen molar-refractivity contribution in [3.63, 3.8) is 0 Å². The van der Waals surface area contributed by atoms with Gasteiger partial charge in [-0.25, -0.2) is 0 Å². The number of benzene rings is 1. The molecule has 1 saturated heterocycles. The molecule has 116 valence electrons. The van der Waals surface area contributed by atoms with Gasteiger partial charge in [0, 0.05) is 19.3 Å². The van der Waals surface area contributed by atoms with Crippen LogP contribution in [0.2, 0.25) is 0 Å². The molecule has 21 heavy (non-hydrogen) atoms. The molecule has 1 heterocycles. The van der Waals surface area contributed by atoms with E-state index in [-0.39, 0.29) is 5.24 Å². The molecular weight excluding hydrogens is 296 g/mol. The molecule has 1 aliphatic heterocycles. The second-order valence-corrected chi connectivity index (χ2v) is 5.01. The summed E-state index contributed by atoms with van der Waals surface area (Å²) in [6.07, 6.45) is -4.69. The minimum Gasteiger partial charge on any atom is -0.447 e. The maximum Gasteiger partial charge on any atom is 0.358 e. The highest BCUT2D eigenvalue weighted by atomic mass is 32.1. The summed E-state index contributed by atoms with van der Waals surface area (Å²) in [5.74, 6) is 0.509. The normalized spacial score (nSPS) is 32.5. The molecule has 7 heteroatoms. The summed E-state index contributed by atoms with van der Waals surface area (Å²) in [7, 11) is 1.40. The third kappa shape index (κ3) is 3.90. The van der Waals surface area contributed by atoms with Crippen LogP contribution in [0.15, 0.2) is 30.3 Å². The Hall–Kier alpha value is -1.25. The average Bonchev–Trinajstić information content (AvgIpc) is 2.48. The van der Waals surface area contributed by atoms with Crippen molar-refractivity contribution in [1.29, 1.82) is 0 Å². The highest BCUT2D eigenvalue weighted by molar-refractivity contribution is 7.79. The van der Waals surface area contributed by atoms with Crippen LogP contribution in [0, 0.1) is 0 Å². The van der Waals surface area contributed by atoms with Gasteiger partial charge < -0.3 is 29.2 Å². The van der Waals surface area contributed by atoms with E-state index in [1.165, 1.54) is 7.11 Å². The van der Waals surface area contributed by atoms with E-state index in [2.05, 4.69) is 0 Å². The van der Waals surface area contributed by atoms with Gasteiger partial charge in [0.25, 0.3) is 0 Å². The van der Waals surface area contributed by atoms with Gasteiger partial charge in [0.15, 0.2) is 12.4 Å². The number of rotatable bonds is 3. The number of ether oxygens (including phenoxy) is 4. The second kappa shape index (κ2) is 7.15. The molecule has 0 saturated carbocycles. The van der Waals surface area contributed by atoms with E-state index in [0.29, 0.717) is 5.75 Å². The summed E-state index contributed by atoms with van der Waals surface area (Å²) in [4.78, 5) is 0. The van der Waals surface area contributed by atoms with Crippen molar-refractivity contribution in [2.75, 3.05) is 7.11 Å². The quantitative estimate of drug-likeness (QED) is 0.801. The first-order valence-electron chi connectivity index (χ1n) is 6.51. The molecule has 1 aromatic rings. The lowest BCUT2D eigenvalue weighted by atomic mass is 10.00. The largest absolute Gasteiger partial charge is 0.447 e. The fraction of sp³-hybridized carbons (Fsp3) is 0.500. The Morgan fingerprint density at radius 3 is 2.48 bits per heavy atom. The van der Waals surface area contributed by atoms with E-state index in [1.807, 2.05) is 6.07 Å². The Balaban J connectivity index is 2.00. The van der Waals surface area contributed by atoms with Gasteiger partial charge in [0.05, 0.1) is 6.10 Å². The topological polar surface area (TPSA) is 77.4 Å². The fourth-order valence-electron chi connectivity index (χ4n) is 2.05. The first-order valence-corrected chi connectivity index (χ1v) is 6.91. The highest BCUT2D eigenvalue weighted by Crippen LogP contribution is 2.24. The number of aliphatic hydroxyl groups excluding tert-OH is 2. The Morgan fingerprint density at radius 1 is 1.19 bits per heavy atom. The van der Waals surface area contributed by atoms with Gasteiger partial charge in [-0.1, -0.05) is 18.2 Å². The molecule has 0 aliphatic carbocycles. The van der Waals surface area contributed by atoms with E-state index in [4.69, 9.17) is 31.2 Å². The van der Waals surface area contributed by atoms with Crippen molar-refractivity contribution >= 4 is 17.5 Å². The molecule has 0 spiro atoms. The lowest BCUT2D eigenvalue weighted by Crippen LogP contribution is -2.58. The van der Waals surface area contributed by atoms with E-state index >= 15 is 0 Å². The Bertz CT molecular complexity index is 468. The maximum atomic E-state index is 10.1. The highest BCUT2D eigenvalue weighted by Gasteiger charge is 2.45. The number of hydrogen-bond donors (Lipinski definition) is 2. The van der Waals surface area contributed by atoms with Crippen molar-refractivity contribution in [3.8, 4) is 5.75 Å². The summed E-state index contributed by atoms with van der Waals surface area (Å²) >= 11 is 4.99. The molecule has 0 bridgehead atoms. The number of para-hydroxylation sites is 1. The van der Waals surface area contributed by atoms with Crippen LogP contribution in [0.3, 0.4) is 0 Å². The molecule has 0 unspecified atom stereocenters. The molecule has 6 nitrogen and oxygen atoms in total. The molecule has 1 aromatic carbocycles. The summed E-state index contributed by atoms with van der Waals surface area (Å²) in [6.45, 7) is 1.65. The molecule has 2 N–H and O–H groups in total. The monoisotopic (exact) mass is 314 g/mol. The van der Waals surface area contributed by atoms with E-state index in [0.717, 1.165) is 0 Å². The Kier molecular flexibility index (Phi) is 5.49. The van der Waals surface area contributed by atoms with E-state index < -0.39 is 30.7 Å². The zero-order valence-corrected chi connectivity index (χ0v) is 12.5. The van der Waals surface area contributed by atoms with Crippen LogP contribution >= 0.6 is 12.2 Å². The van der Waals surface area contributed by atoms with Gasteiger partial charge in [-0.15, -0.1) is 0 Å². The van der Waals surface area contributed by atoms with Crippen molar-refractivity contribution in [1.82, 2.24) is 0 Å². The third-order valence-electron chi connectivity index (χ3n) is 3.19. The average molecular weight is 314 g/mol. The van der Waals surface area contributed by atoms with Crippen molar-refractivity contribution in [3.05, 3.63) is 30.3 Å². The van der Waals surface area contributed by atoms with Gasteiger partial charge in [-0.3, -0.25) is 0 Å². The summed E-state index contributed by atoms with van der Waals surface area (Å²) < 4.78 is 21.0. The minimum atomic E-state index is -1.18. The molecule has 0 aromatic heterocycles. The van der Waals surface area contributed by atoms with Crippen molar-refractivity contribution < 1.29 is 29.2 Å². The lowest BCUT2D eigenvalue weighted by Gasteiger charge is -2.40. The van der Waals surface area contributed by atoms with Crippen LogP contribution < -0.4 is 4.74 Å². The zero-order valence-electron chi connectivity index (χ0n) is 11.7. The third-order valence-corrected chi connectivity index (χ3v) is 3.37. The standard InChI is InChI=1S/C14H18O6S/c1-8-10(15)12(11(16)13(17-2)18-8)20-14(21)19-9-6-4-3-5-7-9/h3-8,10-13,15-16H,1-2H3/t8-,10+,11-,12+,13+/m0/s1. The van der Waals surface area contributed by atoms with Crippen LogP contribution in [0.5, 0.6) is 5.75 Å². The minimum absolute atomic E-state index is 0.187. The zero-order chi connectivity index (χ0) is 15.4. The smallest absolute Gasteiger partial charge is 0.358 e.